The number of rotatable bonds is 3. The maximum Gasteiger partial charge on any atom is 0.268 e. The molecule has 0 aromatic carbocycles. The molecule has 0 bridgehead atoms. The summed E-state index contributed by atoms with van der Waals surface area (Å²) in [6.07, 6.45) is 5.00. The standard InChI is InChI=1S/C11H17N5O/c1-11(2-4-13-5-3-11)16-9-7-14-6-8(15-9)10(12)17/h6-7,13H,2-5H2,1H3,(H2,12,17)(H,15,16). The maximum absolute atomic E-state index is 11.0. The Hall–Kier alpha value is -1.69. The van der Waals surface area contributed by atoms with Gasteiger partial charge in [-0.2, -0.15) is 0 Å². The van der Waals surface area contributed by atoms with E-state index >= 15 is 0 Å². The van der Waals surface area contributed by atoms with E-state index in [1.54, 1.807) is 6.20 Å². The van der Waals surface area contributed by atoms with Gasteiger partial charge in [-0.05, 0) is 32.9 Å². The zero-order valence-electron chi connectivity index (χ0n) is 9.86. The van der Waals surface area contributed by atoms with Gasteiger partial charge in [0.15, 0.2) is 0 Å². The summed E-state index contributed by atoms with van der Waals surface area (Å²) in [5, 5.41) is 6.64. The quantitative estimate of drug-likeness (QED) is 0.692. The van der Waals surface area contributed by atoms with Crippen molar-refractivity contribution in [3.8, 4) is 0 Å². The van der Waals surface area contributed by atoms with Crippen molar-refractivity contribution in [3.05, 3.63) is 18.1 Å². The van der Waals surface area contributed by atoms with E-state index in [0.717, 1.165) is 25.9 Å². The topological polar surface area (TPSA) is 92.9 Å². The molecule has 0 radical (unpaired) electrons. The van der Waals surface area contributed by atoms with E-state index in [9.17, 15) is 4.79 Å². The van der Waals surface area contributed by atoms with E-state index in [1.807, 2.05) is 0 Å². The summed E-state index contributed by atoms with van der Waals surface area (Å²) in [5.74, 6) is 0.0438. The number of anilines is 1. The van der Waals surface area contributed by atoms with Gasteiger partial charge in [0.2, 0.25) is 0 Å². The summed E-state index contributed by atoms with van der Waals surface area (Å²) in [4.78, 5) is 19.1. The van der Waals surface area contributed by atoms with Crippen molar-refractivity contribution >= 4 is 11.7 Å². The Balaban J connectivity index is 2.12. The van der Waals surface area contributed by atoms with Crippen LogP contribution in [0.1, 0.15) is 30.3 Å². The van der Waals surface area contributed by atoms with Gasteiger partial charge in [-0.25, -0.2) is 4.98 Å². The Labute approximate surface area is 100 Å². The third-order valence-corrected chi connectivity index (χ3v) is 3.02. The lowest BCUT2D eigenvalue weighted by atomic mass is 9.91. The van der Waals surface area contributed by atoms with Crippen molar-refractivity contribution in [1.29, 1.82) is 0 Å². The first kappa shape index (κ1) is 11.8. The second-order valence-electron chi connectivity index (χ2n) is 4.59. The highest BCUT2D eigenvalue weighted by atomic mass is 16.1. The van der Waals surface area contributed by atoms with Crippen LogP contribution in [0.2, 0.25) is 0 Å². The third-order valence-electron chi connectivity index (χ3n) is 3.02. The highest BCUT2D eigenvalue weighted by molar-refractivity contribution is 5.90. The van der Waals surface area contributed by atoms with E-state index in [1.165, 1.54) is 6.20 Å². The molecule has 2 rings (SSSR count). The number of carbonyl (C=O) groups is 1. The zero-order valence-corrected chi connectivity index (χ0v) is 9.86. The predicted molar refractivity (Wildman–Crippen MR) is 64.7 cm³/mol. The zero-order chi connectivity index (χ0) is 12.3. The summed E-state index contributed by atoms with van der Waals surface area (Å²) in [7, 11) is 0. The molecule has 1 aromatic heterocycles. The molecule has 0 aliphatic carbocycles. The fraction of sp³-hybridized carbons (Fsp3) is 0.545. The molecule has 2 heterocycles. The van der Waals surface area contributed by atoms with Crippen LogP contribution in [-0.2, 0) is 0 Å². The summed E-state index contributed by atoms with van der Waals surface area (Å²) in [6.45, 7) is 4.10. The lowest BCUT2D eigenvalue weighted by molar-refractivity contribution is 0.0995. The molecule has 1 amide bonds. The molecular formula is C11H17N5O. The number of primary amides is 1. The molecule has 6 heteroatoms. The number of hydrogen-bond acceptors (Lipinski definition) is 5. The van der Waals surface area contributed by atoms with E-state index in [-0.39, 0.29) is 11.2 Å². The van der Waals surface area contributed by atoms with Gasteiger partial charge in [-0.15, -0.1) is 0 Å². The van der Waals surface area contributed by atoms with Gasteiger partial charge in [-0.3, -0.25) is 9.78 Å². The van der Waals surface area contributed by atoms with Gasteiger partial charge in [0.1, 0.15) is 11.5 Å². The molecule has 0 unspecified atom stereocenters. The van der Waals surface area contributed by atoms with Crippen molar-refractivity contribution in [2.24, 2.45) is 5.73 Å². The van der Waals surface area contributed by atoms with Gasteiger partial charge < -0.3 is 16.4 Å². The lowest BCUT2D eigenvalue weighted by Crippen LogP contribution is -2.45. The first-order valence-corrected chi connectivity index (χ1v) is 5.70. The van der Waals surface area contributed by atoms with Crippen molar-refractivity contribution < 1.29 is 4.79 Å². The van der Waals surface area contributed by atoms with Crippen LogP contribution in [0.4, 0.5) is 5.82 Å². The summed E-state index contributed by atoms with van der Waals surface area (Å²) in [6, 6.07) is 0. The Morgan fingerprint density at radius 2 is 2.18 bits per heavy atom. The highest BCUT2D eigenvalue weighted by Gasteiger charge is 2.26. The molecule has 4 N–H and O–H groups in total. The Bertz CT molecular complexity index is 414. The number of carbonyl (C=O) groups excluding carboxylic acids is 1. The van der Waals surface area contributed by atoms with Crippen LogP contribution < -0.4 is 16.4 Å². The molecule has 0 atom stereocenters. The van der Waals surface area contributed by atoms with E-state index < -0.39 is 5.91 Å². The van der Waals surface area contributed by atoms with Crippen LogP contribution in [0.3, 0.4) is 0 Å². The van der Waals surface area contributed by atoms with E-state index in [2.05, 4.69) is 27.5 Å². The first-order valence-electron chi connectivity index (χ1n) is 5.70. The van der Waals surface area contributed by atoms with Crippen LogP contribution in [-0.4, -0.2) is 34.5 Å². The molecule has 0 spiro atoms. The Kier molecular flexibility index (Phi) is 3.23. The van der Waals surface area contributed by atoms with Crippen LogP contribution in [0, 0.1) is 0 Å². The highest BCUT2D eigenvalue weighted by Crippen LogP contribution is 2.22. The molecular weight excluding hydrogens is 218 g/mol. The Morgan fingerprint density at radius 1 is 1.47 bits per heavy atom. The van der Waals surface area contributed by atoms with Gasteiger partial charge >= 0.3 is 0 Å². The minimum atomic E-state index is -0.559. The average Bonchev–Trinajstić information content (AvgIpc) is 2.29. The van der Waals surface area contributed by atoms with Crippen molar-refractivity contribution in [2.75, 3.05) is 18.4 Å². The van der Waals surface area contributed by atoms with Gasteiger partial charge in [0.25, 0.3) is 5.91 Å². The van der Waals surface area contributed by atoms with E-state index in [4.69, 9.17) is 5.73 Å². The Morgan fingerprint density at radius 3 is 2.82 bits per heavy atom. The van der Waals surface area contributed by atoms with Crippen molar-refractivity contribution in [1.82, 2.24) is 15.3 Å². The second-order valence-corrected chi connectivity index (χ2v) is 4.59. The van der Waals surface area contributed by atoms with Crippen molar-refractivity contribution in [2.45, 2.75) is 25.3 Å². The monoisotopic (exact) mass is 235 g/mol. The lowest BCUT2D eigenvalue weighted by Gasteiger charge is -2.35. The SMILES string of the molecule is CC1(Nc2cncc(C(N)=O)n2)CCNCC1. The summed E-state index contributed by atoms with van der Waals surface area (Å²) >= 11 is 0. The molecule has 92 valence electrons. The average molecular weight is 235 g/mol. The number of nitrogens with two attached hydrogens (primary N) is 1. The molecule has 1 aliphatic rings. The largest absolute Gasteiger partial charge is 0.364 e. The van der Waals surface area contributed by atoms with Crippen LogP contribution in [0.25, 0.3) is 0 Å². The van der Waals surface area contributed by atoms with Crippen LogP contribution in [0.15, 0.2) is 12.4 Å². The van der Waals surface area contributed by atoms with Gasteiger partial charge in [-0.1, -0.05) is 0 Å². The van der Waals surface area contributed by atoms with Gasteiger partial charge in [0.05, 0.1) is 12.4 Å². The number of nitrogens with zero attached hydrogens (tertiary/aromatic N) is 2. The number of piperidine rings is 1. The number of aromatic nitrogens is 2. The van der Waals surface area contributed by atoms with Crippen LogP contribution in [0.5, 0.6) is 0 Å². The van der Waals surface area contributed by atoms with E-state index in [0.29, 0.717) is 5.82 Å². The summed E-state index contributed by atoms with van der Waals surface area (Å²) < 4.78 is 0. The summed E-state index contributed by atoms with van der Waals surface area (Å²) in [5.41, 5.74) is 5.35. The molecule has 1 aliphatic heterocycles. The number of hydrogen-bond donors (Lipinski definition) is 3. The number of amides is 1. The predicted octanol–water partition coefficient (Wildman–Crippen LogP) is 0.129. The fourth-order valence-electron chi connectivity index (χ4n) is 1.96. The molecule has 1 fully saturated rings. The van der Waals surface area contributed by atoms with Crippen LogP contribution >= 0.6 is 0 Å². The molecule has 17 heavy (non-hydrogen) atoms. The minimum Gasteiger partial charge on any atom is -0.364 e. The second kappa shape index (κ2) is 4.67. The minimum absolute atomic E-state index is 0.00377. The first-order chi connectivity index (χ1) is 8.09. The maximum atomic E-state index is 11.0. The van der Waals surface area contributed by atoms with Gasteiger partial charge in [0, 0.05) is 5.54 Å². The molecule has 1 aromatic rings. The van der Waals surface area contributed by atoms with Crippen molar-refractivity contribution in [3.63, 3.8) is 0 Å². The molecule has 1 saturated heterocycles. The smallest absolute Gasteiger partial charge is 0.268 e. The normalized spacial score (nSPS) is 18.6. The fourth-order valence-corrected chi connectivity index (χ4v) is 1.96. The third kappa shape index (κ3) is 2.91. The molecule has 6 nitrogen and oxygen atoms in total. The molecule has 0 saturated carbocycles. The number of nitrogens with one attached hydrogen (secondary N) is 2.